The van der Waals surface area contributed by atoms with Crippen molar-refractivity contribution in [2.75, 3.05) is 0 Å². The second-order valence-corrected chi connectivity index (χ2v) is 5.53. The molecule has 1 amide bonds. The standard InChI is InChI=1S/C15H12Cl3NO/c16-12-6-5-11(14(18)8-12)9-19-15(20)7-10-3-1-2-4-13(10)17/h1-6,8H,7,9H2,(H,19,20). The fraction of sp³-hybridized carbons (Fsp3) is 0.133. The van der Waals surface area contributed by atoms with Crippen LogP contribution < -0.4 is 5.32 Å². The van der Waals surface area contributed by atoms with Gasteiger partial charge in [-0.3, -0.25) is 4.79 Å². The third-order valence-corrected chi connectivity index (χ3v) is 3.76. The molecule has 2 nitrogen and oxygen atoms in total. The maximum absolute atomic E-state index is 11.9. The molecule has 1 N–H and O–H groups in total. The molecular weight excluding hydrogens is 317 g/mol. The van der Waals surface area contributed by atoms with Crippen LogP contribution >= 0.6 is 34.8 Å². The number of benzene rings is 2. The Kier molecular flexibility index (Phi) is 5.30. The number of carbonyl (C=O) groups excluding carboxylic acids is 1. The van der Waals surface area contributed by atoms with Gasteiger partial charge in [-0.2, -0.15) is 0 Å². The lowest BCUT2D eigenvalue weighted by Crippen LogP contribution is -2.24. The normalized spacial score (nSPS) is 10.3. The van der Waals surface area contributed by atoms with Gasteiger partial charge in [0.25, 0.3) is 0 Å². The Morgan fingerprint density at radius 2 is 1.70 bits per heavy atom. The molecule has 0 aliphatic carbocycles. The second kappa shape index (κ2) is 6.98. The lowest BCUT2D eigenvalue weighted by atomic mass is 10.1. The van der Waals surface area contributed by atoms with Crippen molar-refractivity contribution >= 4 is 40.7 Å². The Hall–Kier alpha value is -1.22. The van der Waals surface area contributed by atoms with E-state index in [1.165, 1.54) is 0 Å². The molecule has 2 aromatic rings. The van der Waals surface area contributed by atoms with E-state index in [1.54, 1.807) is 24.3 Å². The summed E-state index contributed by atoms with van der Waals surface area (Å²) in [5.41, 5.74) is 1.62. The van der Waals surface area contributed by atoms with Crippen molar-refractivity contribution in [1.29, 1.82) is 0 Å². The van der Waals surface area contributed by atoms with E-state index >= 15 is 0 Å². The first-order valence-corrected chi connectivity index (χ1v) is 7.13. The number of halogens is 3. The fourth-order valence-electron chi connectivity index (χ4n) is 1.74. The average molecular weight is 329 g/mol. The Labute approximate surface area is 132 Å². The van der Waals surface area contributed by atoms with E-state index in [2.05, 4.69) is 5.32 Å². The molecule has 0 heterocycles. The summed E-state index contributed by atoms with van der Waals surface area (Å²) >= 11 is 17.9. The highest BCUT2D eigenvalue weighted by atomic mass is 35.5. The van der Waals surface area contributed by atoms with Crippen LogP contribution in [0, 0.1) is 0 Å². The van der Waals surface area contributed by atoms with Crippen LogP contribution in [0.15, 0.2) is 42.5 Å². The number of rotatable bonds is 4. The van der Waals surface area contributed by atoms with Crippen molar-refractivity contribution in [1.82, 2.24) is 5.32 Å². The van der Waals surface area contributed by atoms with Crippen molar-refractivity contribution in [2.24, 2.45) is 0 Å². The maximum Gasteiger partial charge on any atom is 0.224 e. The zero-order valence-corrected chi connectivity index (χ0v) is 12.8. The molecule has 0 aromatic heterocycles. The molecule has 20 heavy (non-hydrogen) atoms. The van der Waals surface area contributed by atoms with E-state index in [9.17, 15) is 4.79 Å². The smallest absolute Gasteiger partial charge is 0.224 e. The first-order chi connectivity index (χ1) is 9.56. The van der Waals surface area contributed by atoms with Crippen molar-refractivity contribution in [3.8, 4) is 0 Å². The Bertz CT molecular complexity index is 628. The van der Waals surface area contributed by atoms with Gasteiger partial charge in [0.2, 0.25) is 5.91 Å². The predicted octanol–water partition coefficient (Wildman–Crippen LogP) is 4.51. The van der Waals surface area contributed by atoms with Gasteiger partial charge < -0.3 is 5.32 Å². The molecule has 0 aliphatic rings. The molecule has 0 spiro atoms. The largest absolute Gasteiger partial charge is 0.352 e. The van der Waals surface area contributed by atoms with Crippen molar-refractivity contribution in [2.45, 2.75) is 13.0 Å². The van der Waals surface area contributed by atoms with Crippen LogP contribution in [-0.4, -0.2) is 5.91 Å². The van der Waals surface area contributed by atoms with E-state index in [0.29, 0.717) is 21.6 Å². The van der Waals surface area contributed by atoms with E-state index in [0.717, 1.165) is 11.1 Å². The van der Waals surface area contributed by atoms with Gasteiger partial charge in [0, 0.05) is 21.6 Å². The van der Waals surface area contributed by atoms with Gasteiger partial charge in [-0.25, -0.2) is 0 Å². The number of amides is 1. The van der Waals surface area contributed by atoms with E-state index < -0.39 is 0 Å². The van der Waals surface area contributed by atoms with Crippen molar-refractivity contribution < 1.29 is 4.79 Å². The predicted molar refractivity (Wildman–Crippen MR) is 83.5 cm³/mol. The van der Waals surface area contributed by atoms with Crippen LogP contribution in [0.25, 0.3) is 0 Å². The van der Waals surface area contributed by atoms with Crippen LogP contribution in [0.2, 0.25) is 15.1 Å². The number of hydrogen-bond donors (Lipinski definition) is 1. The summed E-state index contributed by atoms with van der Waals surface area (Å²) in [5, 5.41) is 4.51. The first kappa shape index (κ1) is 15.2. The topological polar surface area (TPSA) is 29.1 Å². The second-order valence-electron chi connectivity index (χ2n) is 4.28. The zero-order chi connectivity index (χ0) is 14.5. The molecule has 2 rings (SSSR count). The minimum atomic E-state index is -0.107. The van der Waals surface area contributed by atoms with Crippen LogP contribution in [0.3, 0.4) is 0 Å². The summed E-state index contributed by atoms with van der Waals surface area (Å²) in [6.45, 7) is 0.360. The summed E-state index contributed by atoms with van der Waals surface area (Å²) < 4.78 is 0. The van der Waals surface area contributed by atoms with Gasteiger partial charge in [0.15, 0.2) is 0 Å². The molecular formula is C15H12Cl3NO. The van der Waals surface area contributed by atoms with Gasteiger partial charge in [0.1, 0.15) is 0 Å². The third-order valence-electron chi connectivity index (χ3n) is 2.80. The van der Waals surface area contributed by atoms with Gasteiger partial charge in [-0.15, -0.1) is 0 Å². The summed E-state index contributed by atoms with van der Waals surface area (Å²) in [6.07, 6.45) is 0.241. The third kappa shape index (κ3) is 4.14. The van der Waals surface area contributed by atoms with Crippen LogP contribution in [-0.2, 0) is 17.8 Å². The molecule has 0 aliphatic heterocycles. The van der Waals surface area contributed by atoms with Gasteiger partial charge in [-0.05, 0) is 29.3 Å². The summed E-state index contributed by atoms with van der Waals surface area (Å²) in [7, 11) is 0. The average Bonchev–Trinajstić information content (AvgIpc) is 2.40. The monoisotopic (exact) mass is 327 g/mol. The van der Waals surface area contributed by atoms with Crippen LogP contribution in [0.1, 0.15) is 11.1 Å². The van der Waals surface area contributed by atoms with Crippen molar-refractivity contribution in [3.63, 3.8) is 0 Å². The summed E-state index contributed by atoms with van der Waals surface area (Å²) in [5.74, 6) is -0.107. The molecule has 2 aromatic carbocycles. The van der Waals surface area contributed by atoms with Gasteiger partial charge >= 0.3 is 0 Å². The van der Waals surface area contributed by atoms with Gasteiger partial charge in [0.05, 0.1) is 6.42 Å². The molecule has 0 radical (unpaired) electrons. The van der Waals surface area contributed by atoms with Crippen molar-refractivity contribution in [3.05, 3.63) is 68.7 Å². The number of nitrogens with one attached hydrogen (secondary N) is 1. The van der Waals surface area contributed by atoms with E-state index in [-0.39, 0.29) is 12.3 Å². The van der Waals surface area contributed by atoms with E-state index in [4.69, 9.17) is 34.8 Å². The lowest BCUT2D eigenvalue weighted by Gasteiger charge is -2.08. The Balaban J connectivity index is 1.94. The highest BCUT2D eigenvalue weighted by molar-refractivity contribution is 6.35. The molecule has 5 heteroatoms. The van der Waals surface area contributed by atoms with E-state index in [1.807, 2.05) is 18.2 Å². The fourth-order valence-corrected chi connectivity index (χ4v) is 2.41. The van der Waals surface area contributed by atoms with Crippen LogP contribution in [0.5, 0.6) is 0 Å². The van der Waals surface area contributed by atoms with Crippen LogP contribution in [0.4, 0.5) is 0 Å². The molecule has 0 fully saturated rings. The molecule has 0 bridgehead atoms. The highest BCUT2D eigenvalue weighted by Gasteiger charge is 2.07. The molecule has 0 saturated carbocycles. The molecule has 0 atom stereocenters. The van der Waals surface area contributed by atoms with Gasteiger partial charge in [-0.1, -0.05) is 59.1 Å². The SMILES string of the molecule is O=C(Cc1ccccc1Cl)NCc1ccc(Cl)cc1Cl. The summed E-state index contributed by atoms with van der Waals surface area (Å²) in [4.78, 5) is 11.9. The highest BCUT2D eigenvalue weighted by Crippen LogP contribution is 2.21. The number of carbonyl (C=O) groups is 1. The molecule has 0 saturated heterocycles. The Morgan fingerprint density at radius 3 is 2.40 bits per heavy atom. The molecule has 0 unspecified atom stereocenters. The molecule has 104 valence electrons. The summed E-state index contributed by atoms with van der Waals surface area (Å²) in [6, 6.07) is 12.5. The lowest BCUT2D eigenvalue weighted by molar-refractivity contribution is -0.120. The Morgan fingerprint density at radius 1 is 0.950 bits per heavy atom. The maximum atomic E-state index is 11.9. The minimum Gasteiger partial charge on any atom is -0.352 e. The minimum absolute atomic E-state index is 0.107. The first-order valence-electron chi connectivity index (χ1n) is 6.00. The zero-order valence-electron chi connectivity index (χ0n) is 10.5. The quantitative estimate of drug-likeness (QED) is 0.879. The number of hydrogen-bond acceptors (Lipinski definition) is 1.